The molecule has 0 bridgehead atoms. The Morgan fingerprint density at radius 1 is 1.33 bits per heavy atom. The van der Waals surface area contributed by atoms with E-state index in [1.807, 2.05) is 24.3 Å². The monoisotopic (exact) mass is 279 g/mol. The molecular formula is C14H14ClNOS. The van der Waals surface area contributed by atoms with E-state index in [1.54, 1.807) is 11.3 Å². The predicted octanol–water partition coefficient (Wildman–Crippen LogP) is 3.24. The van der Waals surface area contributed by atoms with E-state index in [1.165, 1.54) is 16.1 Å². The van der Waals surface area contributed by atoms with Crippen LogP contribution in [0.25, 0.3) is 0 Å². The molecule has 2 nitrogen and oxygen atoms in total. The quantitative estimate of drug-likeness (QED) is 0.915. The van der Waals surface area contributed by atoms with Gasteiger partial charge in [-0.05, 0) is 30.5 Å². The molecule has 1 atom stereocenters. The lowest BCUT2D eigenvalue weighted by molar-refractivity contribution is 0.159. The fraction of sp³-hybridized carbons (Fsp3) is 0.357. The van der Waals surface area contributed by atoms with Crippen molar-refractivity contribution in [2.24, 2.45) is 0 Å². The van der Waals surface area contributed by atoms with Crippen LogP contribution in [-0.4, -0.2) is 16.2 Å². The van der Waals surface area contributed by atoms with Crippen molar-refractivity contribution in [2.75, 3.05) is 0 Å². The smallest absolute Gasteiger partial charge is 0.0974 e. The highest BCUT2D eigenvalue weighted by atomic mass is 35.5. The number of nitrogens with zero attached hydrogens (tertiary/aromatic N) is 1. The minimum Gasteiger partial charge on any atom is -0.393 e. The summed E-state index contributed by atoms with van der Waals surface area (Å²) in [5.74, 6) is 0. The van der Waals surface area contributed by atoms with Gasteiger partial charge in [0.25, 0.3) is 0 Å². The van der Waals surface area contributed by atoms with E-state index in [0.29, 0.717) is 0 Å². The van der Waals surface area contributed by atoms with Crippen molar-refractivity contribution >= 4 is 22.9 Å². The Kier molecular flexibility index (Phi) is 3.37. The van der Waals surface area contributed by atoms with Crippen LogP contribution in [-0.2, 0) is 19.3 Å². The highest BCUT2D eigenvalue weighted by molar-refractivity contribution is 7.11. The van der Waals surface area contributed by atoms with Crippen LogP contribution in [0.2, 0.25) is 5.02 Å². The van der Waals surface area contributed by atoms with Gasteiger partial charge in [0, 0.05) is 22.7 Å². The topological polar surface area (TPSA) is 33.1 Å². The zero-order valence-electron chi connectivity index (χ0n) is 9.90. The van der Waals surface area contributed by atoms with Gasteiger partial charge < -0.3 is 5.11 Å². The third kappa shape index (κ3) is 2.58. The van der Waals surface area contributed by atoms with E-state index in [0.717, 1.165) is 35.7 Å². The zero-order valence-corrected chi connectivity index (χ0v) is 11.5. The summed E-state index contributed by atoms with van der Waals surface area (Å²) in [4.78, 5) is 5.94. The van der Waals surface area contributed by atoms with E-state index in [9.17, 15) is 5.11 Å². The van der Waals surface area contributed by atoms with Gasteiger partial charge in [0.1, 0.15) is 0 Å². The van der Waals surface area contributed by atoms with Gasteiger partial charge in [-0.2, -0.15) is 0 Å². The second-order valence-electron chi connectivity index (χ2n) is 4.68. The minimum absolute atomic E-state index is 0.179. The normalized spacial score (nSPS) is 18.7. The molecule has 1 aliphatic carbocycles. The SMILES string of the molecule is OC1CCc2nc(Cc3ccc(Cl)cc3)sc2C1. The fourth-order valence-electron chi connectivity index (χ4n) is 2.26. The summed E-state index contributed by atoms with van der Waals surface area (Å²) in [5, 5.41) is 11.5. The van der Waals surface area contributed by atoms with Gasteiger partial charge in [0.2, 0.25) is 0 Å². The molecule has 1 heterocycles. The third-order valence-electron chi connectivity index (χ3n) is 3.23. The summed E-state index contributed by atoms with van der Waals surface area (Å²) in [6.07, 6.45) is 3.20. The Bertz CT molecular complexity index is 549. The molecule has 94 valence electrons. The highest BCUT2D eigenvalue weighted by Crippen LogP contribution is 2.28. The number of hydrogen-bond acceptors (Lipinski definition) is 3. The van der Waals surface area contributed by atoms with E-state index in [-0.39, 0.29) is 6.10 Å². The minimum atomic E-state index is -0.179. The van der Waals surface area contributed by atoms with Gasteiger partial charge in [-0.25, -0.2) is 4.98 Å². The van der Waals surface area contributed by atoms with Gasteiger partial charge in [0.05, 0.1) is 16.8 Å². The number of thiazole rings is 1. The summed E-state index contributed by atoms with van der Waals surface area (Å²) in [6.45, 7) is 0. The van der Waals surface area contributed by atoms with Gasteiger partial charge in [-0.15, -0.1) is 11.3 Å². The fourth-order valence-corrected chi connectivity index (χ4v) is 3.61. The molecule has 1 N–H and O–H groups in total. The number of halogens is 1. The average molecular weight is 280 g/mol. The number of aliphatic hydroxyl groups excluding tert-OH is 1. The highest BCUT2D eigenvalue weighted by Gasteiger charge is 2.20. The summed E-state index contributed by atoms with van der Waals surface area (Å²) in [6, 6.07) is 7.90. The second-order valence-corrected chi connectivity index (χ2v) is 6.28. The summed E-state index contributed by atoms with van der Waals surface area (Å²) < 4.78 is 0. The summed E-state index contributed by atoms with van der Waals surface area (Å²) >= 11 is 7.61. The predicted molar refractivity (Wildman–Crippen MR) is 74.4 cm³/mol. The van der Waals surface area contributed by atoms with Crippen LogP contribution in [0.15, 0.2) is 24.3 Å². The van der Waals surface area contributed by atoms with E-state index in [2.05, 4.69) is 4.98 Å². The first kappa shape index (κ1) is 12.2. The second kappa shape index (κ2) is 5.00. The Labute approximate surface area is 115 Å². The number of hydrogen-bond donors (Lipinski definition) is 1. The standard InChI is InChI=1S/C14H14ClNOS/c15-10-3-1-9(2-4-10)7-14-16-12-6-5-11(17)8-13(12)18-14/h1-4,11,17H,5-8H2. The maximum Gasteiger partial charge on any atom is 0.0974 e. The molecule has 18 heavy (non-hydrogen) atoms. The number of aromatic nitrogens is 1. The van der Waals surface area contributed by atoms with E-state index < -0.39 is 0 Å². The largest absolute Gasteiger partial charge is 0.393 e. The Morgan fingerprint density at radius 2 is 2.11 bits per heavy atom. The number of aliphatic hydroxyl groups is 1. The van der Waals surface area contributed by atoms with Gasteiger partial charge >= 0.3 is 0 Å². The molecule has 1 aliphatic rings. The molecule has 0 saturated carbocycles. The van der Waals surface area contributed by atoms with Crippen LogP contribution >= 0.6 is 22.9 Å². The van der Waals surface area contributed by atoms with Gasteiger partial charge in [0.15, 0.2) is 0 Å². The van der Waals surface area contributed by atoms with E-state index >= 15 is 0 Å². The lowest BCUT2D eigenvalue weighted by Crippen LogP contribution is -2.17. The third-order valence-corrected chi connectivity index (χ3v) is 4.60. The van der Waals surface area contributed by atoms with Crippen LogP contribution < -0.4 is 0 Å². The van der Waals surface area contributed by atoms with Crippen molar-refractivity contribution in [2.45, 2.75) is 31.8 Å². The number of benzene rings is 1. The lowest BCUT2D eigenvalue weighted by Gasteiger charge is -2.14. The molecule has 1 aromatic heterocycles. The molecule has 0 fully saturated rings. The van der Waals surface area contributed by atoms with Crippen LogP contribution in [0, 0.1) is 0 Å². The number of fused-ring (bicyclic) bond motifs is 1. The molecule has 1 aromatic carbocycles. The summed E-state index contributed by atoms with van der Waals surface area (Å²) in [5.41, 5.74) is 2.42. The molecule has 0 aliphatic heterocycles. The van der Waals surface area contributed by atoms with E-state index in [4.69, 9.17) is 11.6 Å². The molecule has 0 saturated heterocycles. The molecule has 0 radical (unpaired) electrons. The maximum absolute atomic E-state index is 9.65. The van der Waals surface area contributed by atoms with Crippen LogP contribution in [0.1, 0.15) is 27.6 Å². The zero-order chi connectivity index (χ0) is 12.5. The van der Waals surface area contributed by atoms with Crippen molar-refractivity contribution in [1.82, 2.24) is 4.98 Å². The van der Waals surface area contributed by atoms with Gasteiger partial charge in [-0.3, -0.25) is 0 Å². The van der Waals surface area contributed by atoms with Crippen LogP contribution in [0.4, 0.5) is 0 Å². The molecule has 1 unspecified atom stereocenters. The van der Waals surface area contributed by atoms with Crippen molar-refractivity contribution in [3.05, 3.63) is 50.4 Å². The molecule has 2 aromatic rings. The summed E-state index contributed by atoms with van der Waals surface area (Å²) in [7, 11) is 0. The number of rotatable bonds is 2. The van der Waals surface area contributed by atoms with Crippen molar-refractivity contribution < 1.29 is 5.11 Å². The van der Waals surface area contributed by atoms with Crippen LogP contribution in [0.3, 0.4) is 0 Å². The first-order valence-electron chi connectivity index (χ1n) is 6.10. The molecule has 0 amide bonds. The molecule has 0 spiro atoms. The Balaban J connectivity index is 1.79. The average Bonchev–Trinajstić information content (AvgIpc) is 2.73. The Morgan fingerprint density at radius 3 is 2.89 bits per heavy atom. The van der Waals surface area contributed by atoms with Crippen LogP contribution in [0.5, 0.6) is 0 Å². The lowest BCUT2D eigenvalue weighted by atomic mass is 10.0. The first-order chi connectivity index (χ1) is 8.70. The Hall–Kier alpha value is -0.900. The first-order valence-corrected chi connectivity index (χ1v) is 7.30. The van der Waals surface area contributed by atoms with Crippen molar-refractivity contribution in [3.8, 4) is 0 Å². The molecule has 4 heteroatoms. The molecular weight excluding hydrogens is 266 g/mol. The molecule has 3 rings (SSSR count). The van der Waals surface area contributed by atoms with Gasteiger partial charge in [-0.1, -0.05) is 23.7 Å². The number of aryl methyl sites for hydroxylation is 1. The van der Waals surface area contributed by atoms with Crippen molar-refractivity contribution in [3.63, 3.8) is 0 Å². The maximum atomic E-state index is 9.65. The van der Waals surface area contributed by atoms with Crippen molar-refractivity contribution in [1.29, 1.82) is 0 Å².